The van der Waals surface area contributed by atoms with Crippen LogP contribution in [-0.2, 0) is 11.3 Å². The van der Waals surface area contributed by atoms with Crippen molar-refractivity contribution in [2.45, 2.75) is 39.2 Å². The normalized spacial score (nSPS) is 24.3. The summed E-state index contributed by atoms with van der Waals surface area (Å²) in [4.78, 5) is 24.0. The van der Waals surface area contributed by atoms with Crippen molar-refractivity contribution < 1.29 is 9.72 Å². The Bertz CT molecular complexity index is 730. The molecule has 1 saturated heterocycles. The van der Waals surface area contributed by atoms with Gasteiger partial charge in [0.15, 0.2) is 5.17 Å². The van der Waals surface area contributed by atoms with Gasteiger partial charge in [0, 0.05) is 17.8 Å². The fraction of sp³-hybridized carbons (Fsp3) is 0.471. The molecule has 3 rings (SSSR count). The number of carbonyl (C=O) groups excluding carboxylic acids is 1. The number of nitrogens with zero attached hydrogens (tertiary/aromatic N) is 4. The number of thioether (sulfide) groups is 1. The minimum Gasteiger partial charge on any atom is -0.285 e. The second kappa shape index (κ2) is 7.77. The average Bonchev–Trinajstić information content (AvgIpc) is 2.95. The van der Waals surface area contributed by atoms with Gasteiger partial charge in [0.05, 0.1) is 17.2 Å². The van der Waals surface area contributed by atoms with Gasteiger partial charge < -0.3 is 0 Å². The van der Waals surface area contributed by atoms with Crippen molar-refractivity contribution in [3.05, 3.63) is 39.9 Å². The van der Waals surface area contributed by atoms with Crippen molar-refractivity contribution in [2.24, 2.45) is 16.1 Å². The van der Waals surface area contributed by atoms with Gasteiger partial charge in [0.2, 0.25) is 5.91 Å². The van der Waals surface area contributed by atoms with E-state index in [1.54, 1.807) is 17.0 Å². The largest absolute Gasteiger partial charge is 0.285 e. The van der Waals surface area contributed by atoms with Crippen molar-refractivity contribution in [1.29, 1.82) is 0 Å². The SMILES string of the molecule is CC1CCCC/C1=N\N=C1/SCC(=O)N1Cc1ccc([N+](=O)[O-])cc1. The molecule has 1 aliphatic heterocycles. The van der Waals surface area contributed by atoms with Crippen LogP contribution >= 0.6 is 11.8 Å². The van der Waals surface area contributed by atoms with Crippen LogP contribution < -0.4 is 0 Å². The van der Waals surface area contributed by atoms with E-state index in [4.69, 9.17) is 0 Å². The van der Waals surface area contributed by atoms with Gasteiger partial charge in [-0.3, -0.25) is 19.8 Å². The third kappa shape index (κ3) is 4.25. The maximum Gasteiger partial charge on any atom is 0.269 e. The highest BCUT2D eigenvalue weighted by atomic mass is 32.2. The molecule has 1 saturated carbocycles. The van der Waals surface area contributed by atoms with Crippen LogP contribution in [0.15, 0.2) is 34.5 Å². The second-order valence-corrected chi connectivity index (χ2v) is 7.26. The lowest BCUT2D eigenvalue weighted by Gasteiger charge is -2.19. The van der Waals surface area contributed by atoms with Crippen LogP contribution in [0.2, 0.25) is 0 Å². The molecular weight excluding hydrogens is 340 g/mol. The Morgan fingerprint density at radius 1 is 1.28 bits per heavy atom. The van der Waals surface area contributed by atoms with Gasteiger partial charge in [-0.25, -0.2) is 0 Å². The summed E-state index contributed by atoms with van der Waals surface area (Å²) in [6.45, 7) is 2.52. The van der Waals surface area contributed by atoms with Crippen molar-refractivity contribution in [2.75, 3.05) is 5.75 Å². The van der Waals surface area contributed by atoms with Gasteiger partial charge in [-0.05, 0) is 30.7 Å². The lowest BCUT2D eigenvalue weighted by atomic mass is 9.89. The number of amidine groups is 1. The lowest BCUT2D eigenvalue weighted by Crippen LogP contribution is -2.29. The Morgan fingerprint density at radius 3 is 2.72 bits per heavy atom. The minimum absolute atomic E-state index is 0.0148. The highest BCUT2D eigenvalue weighted by Gasteiger charge is 2.28. The molecule has 1 aromatic rings. The van der Waals surface area contributed by atoms with E-state index in [0.29, 0.717) is 23.4 Å². The van der Waals surface area contributed by atoms with E-state index in [1.807, 2.05) is 0 Å². The molecule has 0 bridgehead atoms. The summed E-state index contributed by atoms with van der Waals surface area (Å²) in [6, 6.07) is 6.23. The molecule has 1 amide bonds. The number of hydrogen-bond donors (Lipinski definition) is 0. The summed E-state index contributed by atoms with van der Waals surface area (Å²) >= 11 is 1.39. The molecule has 1 atom stereocenters. The first kappa shape index (κ1) is 17.6. The third-order valence-corrected chi connectivity index (χ3v) is 5.45. The van der Waals surface area contributed by atoms with Crippen molar-refractivity contribution in [3.63, 3.8) is 0 Å². The quantitative estimate of drug-likeness (QED) is 0.606. The number of non-ortho nitro benzene ring substituents is 1. The lowest BCUT2D eigenvalue weighted by molar-refractivity contribution is -0.384. The smallest absolute Gasteiger partial charge is 0.269 e. The van der Waals surface area contributed by atoms with Crippen LogP contribution in [0.5, 0.6) is 0 Å². The van der Waals surface area contributed by atoms with Crippen LogP contribution in [0.3, 0.4) is 0 Å². The Labute approximate surface area is 150 Å². The molecule has 132 valence electrons. The van der Waals surface area contributed by atoms with E-state index in [9.17, 15) is 14.9 Å². The number of rotatable bonds is 4. The fourth-order valence-electron chi connectivity index (χ4n) is 2.96. The van der Waals surface area contributed by atoms with E-state index >= 15 is 0 Å². The van der Waals surface area contributed by atoms with Crippen LogP contribution in [0.1, 0.15) is 38.2 Å². The van der Waals surface area contributed by atoms with Gasteiger partial charge in [-0.15, -0.1) is 5.10 Å². The van der Waals surface area contributed by atoms with Gasteiger partial charge in [-0.2, -0.15) is 5.10 Å². The Hall–Kier alpha value is -2.22. The van der Waals surface area contributed by atoms with Crippen LogP contribution in [0.4, 0.5) is 5.69 Å². The first-order chi connectivity index (χ1) is 12.0. The maximum absolute atomic E-state index is 12.1. The third-order valence-electron chi connectivity index (χ3n) is 4.50. The van der Waals surface area contributed by atoms with Crippen molar-refractivity contribution in [3.8, 4) is 0 Å². The molecule has 2 aliphatic rings. The molecule has 8 heteroatoms. The minimum atomic E-state index is -0.436. The molecule has 1 unspecified atom stereocenters. The van der Waals surface area contributed by atoms with E-state index < -0.39 is 4.92 Å². The van der Waals surface area contributed by atoms with Crippen LogP contribution in [0, 0.1) is 16.0 Å². The second-order valence-electron chi connectivity index (χ2n) is 6.31. The highest BCUT2D eigenvalue weighted by Crippen LogP contribution is 2.25. The summed E-state index contributed by atoms with van der Waals surface area (Å²) in [5.74, 6) is 0.786. The number of hydrogen-bond acceptors (Lipinski definition) is 6. The van der Waals surface area contributed by atoms with E-state index in [1.165, 1.54) is 30.3 Å². The number of amides is 1. The number of benzene rings is 1. The van der Waals surface area contributed by atoms with Crippen LogP contribution in [-0.4, -0.2) is 32.4 Å². The van der Waals surface area contributed by atoms with Gasteiger partial charge >= 0.3 is 0 Å². The summed E-state index contributed by atoms with van der Waals surface area (Å²) < 4.78 is 0. The molecule has 0 radical (unpaired) electrons. The highest BCUT2D eigenvalue weighted by molar-refractivity contribution is 8.15. The molecule has 0 N–H and O–H groups in total. The number of carbonyl (C=O) groups is 1. The standard InChI is InChI=1S/C17H20N4O3S/c1-12-4-2-3-5-15(12)18-19-17-20(16(22)11-25-17)10-13-6-8-14(9-7-13)21(23)24/h6-9,12H,2-5,10-11H2,1H3/b18-15+,19-17-. The molecule has 0 aromatic heterocycles. The van der Waals surface area contributed by atoms with E-state index in [0.717, 1.165) is 30.5 Å². The summed E-state index contributed by atoms with van der Waals surface area (Å²) in [6.07, 6.45) is 4.49. The number of nitro benzene ring substituents is 1. The molecule has 1 aromatic carbocycles. The van der Waals surface area contributed by atoms with E-state index in [2.05, 4.69) is 17.1 Å². The van der Waals surface area contributed by atoms with Crippen molar-refractivity contribution in [1.82, 2.24) is 4.90 Å². The van der Waals surface area contributed by atoms with Gasteiger partial charge in [0.25, 0.3) is 5.69 Å². The molecule has 25 heavy (non-hydrogen) atoms. The van der Waals surface area contributed by atoms with Gasteiger partial charge in [0.1, 0.15) is 0 Å². The predicted molar refractivity (Wildman–Crippen MR) is 98.6 cm³/mol. The first-order valence-corrected chi connectivity index (χ1v) is 9.34. The zero-order valence-corrected chi connectivity index (χ0v) is 14.9. The monoisotopic (exact) mass is 360 g/mol. The fourth-order valence-corrected chi connectivity index (χ4v) is 3.79. The Balaban J connectivity index is 1.74. The van der Waals surface area contributed by atoms with Gasteiger partial charge in [-0.1, -0.05) is 37.2 Å². The Kier molecular flexibility index (Phi) is 5.47. The predicted octanol–water partition coefficient (Wildman–Crippen LogP) is 3.59. The molecule has 7 nitrogen and oxygen atoms in total. The molecule has 0 spiro atoms. The average molecular weight is 360 g/mol. The first-order valence-electron chi connectivity index (χ1n) is 8.35. The van der Waals surface area contributed by atoms with E-state index in [-0.39, 0.29) is 11.6 Å². The summed E-state index contributed by atoms with van der Waals surface area (Å²) in [7, 11) is 0. The Morgan fingerprint density at radius 2 is 2.04 bits per heavy atom. The van der Waals surface area contributed by atoms with Crippen molar-refractivity contribution >= 4 is 34.2 Å². The summed E-state index contributed by atoms with van der Waals surface area (Å²) in [5, 5.41) is 20.1. The zero-order chi connectivity index (χ0) is 17.8. The number of nitro groups is 1. The topological polar surface area (TPSA) is 88.2 Å². The molecule has 1 heterocycles. The molecule has 1 aliphatic carbocycles. The molecular formula is C17H20N4O3S. The molecule has 2 fully saturated rings. The van der Waals surface area contributed by atoms with Crippen LogP contribution in [0.25, 0.3) is 0 Å². The maximum atomic E-state index is 12.1. The summed E-state index contributed by atoms with van der Waals surface area (Å²) in [5.41, 5.74) is 1.97. The zero-order valence-electron chi connectivity index (χ0n) is 14.1.